The van der Waals surface area contributed by atoms with E-state index in [1.54, 1.807) is 0 Å². The third-order valence-corrected chi connectivity index (χ3v) is 5.07. The minimum Gasteiger partial charge on any atom is -0.0579 e. The smallest absolute Gasteiger partial charge is 0.0132 e. The Morgan fingerprint density at radius 3 is 1.32 bits per heavy atom. The predicted molar refractivity (Wildman–Crippen MR) is 113 cm³/mol. The highest BCUT2D eigenvalue weighted by molar-refractivity contribution is 5.70. The van der Waals surface area contributed by atoms with Crippen molar-refractivity contribution in [3.05, 3.63) is 58.7 Å². The molecular formula is C25H36. The lowest BCUT2D eigenvalue weighted by atomic mass is 9.78. The lowest BCUT2D eigenvalue weighted by Crippen LogP contribution is -2.16. The molecule has 0 aliphatic rings. The first-order valence-corrected chi connectivity index (χ1v) is 9.47. The molecule has 2 aromatic rings. The van der Waals surface area contributed by atoms with Gasteiger partial charge in [-0.1, -0.05) is 98.7 Å². The highest BCUT2D eigenvalue weighted by Crippen LogP contribution is 2.36. The molecule has 0 spiro atoms. The summed E-state index contributed by atoms with van der Waals surface area (Å²) in [6, 6.07) is 14.1. The Kier molecular flexibility index (Phi) is 4.99. The molecule has 0 unspecified atom stereocenters. The van der Waals surface area contributed by atoms with Crippen molar-refractivity contribution in [2.45, 2.75) is 85.5 Å². The molecule has 0 saturated carbocycles. The van der Waals surface area contributed by atoms with Crippen molar-refractivity contribution in [1.29, 1.82) is 0 Å². The molecule has 0 aliphatic carbocycles. The summed E-state index contributed by atoms with van der Waals surface area (Å²) >= 11 is 0. The van der Waals surface area contributed by atoms with Crippen LogP contribution in [0.15, 0.2) is 36.4 Å². The molecule has 25 heavy (non-hydrogen) atoms. The van der Waals surface area contributed by atoms with Crippen LogP contribution in [0.25, 0.3) is 11.1 Å². The molecule has 0 heterocycles. The van der Waals surface area contributed by atoms with Crippen LogP contribution in [0.2, 0.25) is 0 Å². The second-order valence-electron chi connectivity index (χ2n) is 10.6. The van der Waals surface area contributed by atoms with Crippen molar-refractivity contribution >= 4 is 0 Å². The second kappa shape index (κ2) is 6.31. The Morgan fingerprint density at radius 1 is 0.520 bits per heavy atom. The Hall–Kier alpha value is -1.56. The zero-order chi connectivity index (χ0) is 19.2. The highest BCUT2D eigenvalue weighted by atomic mass is 14.3. The quantitative estimate of drug-likeness (QED) is 0.504. The first-order chi connectivity index (χ1) is 11.2. The summed E-state index contributed by atoms with van der Waals surface area (Å²) in [6.07, 6.45) is 0. The van der Waals surface area contributed by atoms with E-state index in [9.17, 15) is 0 Å². The fraction of sp³-hybridized carbons (Fsp3) is 0.520. The zero-order valence-corrected chi connectivity index (χ0v) is 18.0. The topological polar surface area (TPSA) is 0 Å². The molecule has 0 nitrogen and oxygen atoms in total. The van der Waals surface area contributed by atoms with E-state index in [0.29, 0.717) is 0 Å². The van der Waals surface area contributed by atoms with Gasteiger partial charge in [0.1, 0.15) is 0 Å². The first-order valence-electron chi connectivity index (χ1n) is 9.47. The predicted octanol–water partition coefficient (Wildman–Crippen LogP) is 7.55. The van der Waals surface area contributed by atoms with Gasteiger partial charge in [0.15, 0.2) is 0 Å². The summed E-state index contributed by atoms with van der Waals surface area (Å²) in [7, 11) is 0. The Labute approximate surface area is 155 Å². The normalized spacial score (nSPS) is 13.2. The Morgan fingerprint density at radius 2 is 0.960 bits per heavy atom. The van der Waals surface area contributed by atoms with Crippen molar-refractivity contribution in [3.63, 3.8) is 0 Å². The van der Waals surface area contributed by atoms with Crippen molar-refractivity contribution < 1.29 is 0 Å². The van der Waals surface area contributed by atoms with Crippen LogP contribution >= 0.6 is 0 Å². The molecule has 0 radical (unpaired) electrons. The van der Waals surface area contributed by atoms with Crippen molar-refractivity contribution in [1.82, 2.24) is 0 Å². The van der Waals surface area contributed by atoms with Gasteiger partial charge in [-0.05, 0) is 56.5 Å². The van der Waals surface area contributed by atoms with Crippen LogP contribution < -0.4 is 0 Å². The van der Waals surface area contributed by atoms with Gasteiger partial charge in [0, 0.05) is 0 Å². The van der Waals surface area contributed by atoms with Gasteiger partial charge in [-0.3, -0.25) is 0 Å². The van der Waals surface area contributed by atoms with Gasteiger partial charge in [-0.2, -0.15) is 0 Å². The van der Waals surface area contributed by atoms with Crippen LogP contribution in [0.4, 0.5) is 0 Å². The molecule has 136 valence electrons. The maximum Gasteiger partial charge on any atom is -0.0132 e. The van der Waals surface area contributed by atoms with Crippen LogP contribution in [-0.4, -0.2) is 0 Å². The van der Waals surface area contributed by atoms with E-state index >= 15 is 0 Å². The van der Waals surface area contributed by atoms with E-state index in [1.165, 1.54) is 33.4 Å². The number of hydrogen-bond acceptors (Lipinski definition) is 0. The standard InChI is InChI=1S/C25H36/c1-17-13-19(23(2,3)4)11-12-22(17)18-14-20(24(5,6)7)16-21(15-18)25(8,9)10/h11-16H,1-10H3. The largest absolute Gasteiger partial charge is 0.0579 e. The van der Waals surface area contributed by atoms with Crippen molar-refractivity contribution in [2.24, 2.45) is 0 Å². The lowest BCUT2D eigenvalue weighted by molar-refractivity contribution is 0.569. The van der Waals surface area contributed by atoms with Gasteiger partial charge >= 0.3 is 0 Å². The molecule has 0 fully saturated rings. The molecule has 0 atom stereocenters. The molecule has 0 aliphatic heterocycles. The van der Waals surface area contributed by atoms with Gasteiger partial charge < -0.3 is 0 Å². The summed E-state index contributed by atoms with van der Waals surface area (Å²) < 4.78 is 0. The molecule has 2 rings (SSSR count). The second-order valence-corrected chi connectivity index (χ2v) is 10.6. The third kappa shape index (κ3) is 4.54. The van der Waals surface area contributed by atoms with E-state index in [1.807, 2.05) is 0 Å². The molecule has 0 heteroatoms. The minimum atomic E-state index is 0.148. The maximum atomic E-state index is 2.39. The van der Waals surface area contributed by atoms with Gasteiger partial charge in [0.2, 0.25) is 0 Å². The molecule has 0 saturated heterocycles. The molecule has 0 bridgehead atoms. The summed E-state index contributed by atoms with van der Waals surface area (Å²) in [6.45, 7) is 22.9. The average molecular weight is 337 g/mol. The summed E-state index contributed by atoms with van der Waals surface area (Å²) in [5.41, 5.74) is 8.76. The SMILES string of the molecule is Cc1cc(C(C)(C)C)ccc1-c1cc(C(C)(C)C)cc(C(C)(C)C)c1. The summed E-state index contributed by atoms with van der Waals surface area (Å²) in [5, 5.41) is 0. The van der Waals surface area contributed by atoms with Crippen molar-refractivity contribution in [2.75, 3.05) is 0 Å². The molecule has 0 aromatic heterocycles. The third-order valence-electron chi connectivity index (χ3n) is 5.07. The van der Waals surface area contributed by atoms with Crippen molar-refractivity contribution in [3.8, 4) is 11.1 Å². The van der Waals surface area contributed by atoms with Crippen LogP contribution in [0.1, 0.15) is 84.6 Å². The number of aryl methyl sites for hydroxylation is 1. The van der Waals surface area contributed by atoms with Gasteiger partial charge in [-0.25, -0.2) is 0 Å². The number of rotatable bonds is 1. The molecular weight excluding hydrogens is 300 g/mol. The number of hydrogen-bond donors (Lipinski definition) is 0. The average Bonchev–Trinajstić information content (AvgIpc) is 2.43. The van der Waals surface area contributed by atoms with E-state index < -0.39 is 0 Å². The minimum absolute atomic E-state index is 0.148. The lowest BCUT2D eigenvalue weighted by Gasteiger charge is -2.27. The summed E-state index contributed by atoms with van der Waals surface area (Å²) in [4.78, 5) is 0. The van der Waals surface area contributed by atoms with Gasteiger partial charge in [0.25, 0.3) is 0 Å². The Bertz CT molecular complexity index is 724. The fourth-order valence-electron chi connectivity index (χ4n) is 3.10. The molecule has 2 aromatic carbocycles. The highest BCUT2D eigenvalue weighted by Gasteiger charge is 2.22. The van der Waals surface area contributed by atoms with Gasteiger partial charge in [-0.15, -0.1) is 0 Å². The molecule has 0 N–H and O–H groups in total. The fourth-order valence-corrected chi connectivity index (χ4v) is 3.10. The summed E-state index contributed by atoms with van der Waals surface area (Å²) in [5.74, 6) is 0. The van der Waals surface area contributed by atoms with Crippen LogP contribution in [0.5, 0.6) is 0 Å². The monoisotopic (exact) mass is 336 g/mol. The van der Waals surface area contributed by atoms with E-state index in [4.69, 9.17) is 0 Å². The van der Waals surface area contributed by atoms with Gasteiger partial charge in [0.05, 0.1) is 0 Å². The first kappa shape index (κ1) is 19.8. The Balaban J connectivity index is 2.67. The molecule has 0 amide bonds. The van der Waals surface area contributed by atoms with E-state index in [2.05, 4.69) is 106 Å². The van der Waals surface area contributed by atoms with Crippen LogP contribution in [0.3, 0.4) is 0 Å². The van der Waals surface area contributed by atoms with Crippen LogP contribution in [-0.2, 0) is 16.2 Å². The zero-order valence-electron chi connectivity index (χ0n) is 18.0. The van der Waals surface area contributed by atoms with E-state index in [-0.39, 0.29) is 16.2 Å². The maximum absolute atomic E-state index is 2.39. The van der Waals surface area contributed by atoms with E-state index in [0.717, 1.165) is 0 Å². The van der Waals surface area contributed by atoms with Crippen LogP contribution in [0, 0.1) is 6.92 Å². The number of benzene rings is 2.